The molecular weight excluding hydrogens is 216 g/mol. The minimum absolute atomic E-state index is 0.00523. The summed E-state index contributed by atoms with van der Waals surface area (Å²) < 4.78 is 5.26. The maximum absolute atomic E-state index is 12.4. The average molecular weight is 236 g/mol. The van der Waals surface area contributed by atoms with Gasteiger partial charge < -0.3 is 15.4 Å². The number of nitrogens with two attached hydrogens (primary N) is 1. The van der Waals surface area contributed by atoms with E-state index in [-0.39, 0.29) is 5.91 Å². The zero-order chi connectivity index (χ0) is 12.3. The van der Waals surface area contributed by atoms with Gasteiger partial charge in [0, 0.05) is 19.8 Å². The number of nitrogens with zero attached hydrogens (tertiary/aromatic N) is 1. The van der Waals surface area contributed by atoms with Gasteiger partial charge in [-0.25, -0.2) is 0 Å². The zero-order valence-electron chi connectivity index (χ0n) is 10.2. The first kappa shape index (κ1) is 12.4. The molecule has 1 amide bonds. The quantitative estimate of drug-likeness (QED) is 0.717. The first-order valence-electron chi connectivity index (χ1n) is 6.25. The van der Waals surface area contributed by atoms with Gasteiger partial charge in [0.15, 0.2) is 0 Å². The van der Waals surface area contributed by atoms with Gasteiger partial charge in [0.25, 0.3) is 0 Å². The van der Waals surface area contributed by atoms with E-state index in [0.29, 0.717) is 38.5 Å². The lowest BCUT2D eigenvalue weighted by atomic mass is 9.89. The summed E-state index contributed by atoms with van der Waals surface area (Å²) in [5, 5.41) is 0. The molecule has 0 aromatic carbocycles. The van der Waals surface area contributed by atoms with E-state index in [1.165, 1.54) is 12.8 Å². The molecule has 2 fully saturated rings. The maximum atomic E-state index is 12.4. The Labute approximate surface area is 102 Å². The molecule has 4 heteroatoms. The van der Waals surface area contributed by atoms with Gasteiger partial charge in [0.1, 0.15) is 0 Å². The van der Waals surface area contributed by atoms with Gasteiger partial charge in [-0.1, -0.05) is 5.92 Å². The third-order valence-corrected chi connectivity index (χ3v) is 3.56. The van der Waals surface area contributed by atoms with E-state index in [1.807, 2.05) is 0 Å². The van der Waals surface area contributed by atoms with Crippen molar-refractivity contribution in [3.63, 3.8) is 0 Å². The van der Waals surface area contributed by atoms with Crippen LogP contribution in [0.1, 0.15) is 25.7 Å². The fourth-order valence-electron chi connectivity index (χ4n) is 2.21. The molecule has 2 N–H and O–H groups in total. The Morgan fingerprint density at radius 2 is 2.12 bits per heavy atom. The van der Waals surface area contributed by atoms with Crippen LogP contribution in [0.15, 0.2) is 0 Å². The molecule has 1 saturated heterocycles. The third-order valence-electron chi connectivity index (χ3n) is 3.56. The molecule has 17 heavy (non-hydrogen) atoms. The number of amides is 1. The summed E-state index contributed by atoms with van der Waals surface area (Å²) in [7, 11) is 0. The minimum atomic E-state index is -0.760. The Morgan fingerprint density at radius 3 is 2.65 bits per heavy atom. The van der Waals surface area contributed by atoms with Crippen LogP contribution in [0.4, 0.5) is 0 Å². The molecule has 94 valence electrons. The number of terminal acetylenes is 1. The summed E-state index contributed by atoms with van der Waals surface area (Å²) in [6.45, 7) is 2.27. The van der Waals surface area contributed by atoms with Crippen LogP contribution in [0, 0.1) is 18.3 Å². The number of hydrogen-bond donors (Lipinski definition) is 1. The second-order valence-corrected chi connectivity index (χ2v) is 5.10. The van der Waals surface area contributed by atoms with Crippen LogP contribution in [-0.4, -0.2) is 42.6 Å². The van der Waals surface area contributed by atoms with E-state index < -0.39 is 5.54 Å². The van der Waals surface area contributed by atoms with Gasteiger partial charge in [0.2, 0.25) is 5.91 Å². The normalized spacial score (nSPS) is 22.8. The van der Waals surface area contributed by atoms with Crippen LogP contribution >= 0.6 is 0 Å². The fourth-order valence-corrected chi connectivity index (χ4v) is 2.21. The molecule has 1 aliphatic heterocycles. The SMILES string of the molecule is C#CCN(CC1CC1)C(=O)C1(N)CCOCC1. The smallest absolute Gasteiger partial charge is 0.243 e. The standard InChI is InChI=1S/C13H20N2O2/c1-2-7-15(10-11-3-4-11)12(16)13(14)5-8-17-9-6-13/h1,11H,3-10,14H2. The molecule has 0 bridgehead atoms. The van der Waals surface area contributed by atoms with Crippen molar-refractivity contribution in [2.45, 2.75) is 31.2 Å². The molecule has 2 rings (SSSR count). The van der Waals surface area contributed by atoms with Gasteiger partial charge in [-0.05, 0) is 31.6 Å². The molecule has 1 saturated carbocycles. The fraction of sp³-hybridized carbons (Fsp3) is 0.769. The van der Waals surface area contributed by atoms with Crippen molar-refractivity contribution < 1.29 is 9.53 Å². The van der Waals surface area contributed by atoms with Crippen LogP contribution in [-0.2, 0) is 9.53 Å². The molecule has 0 radical (unpaired) electrons. The van der Waals surface area contributed by atoms with E-state index in [2.05, 4.69) is 5.92 Å². The molecule has 0 aromatic heterocycles. The van der Waals surface area contributed by atoms with Crippen molar-refractivity contribution >= 4 is 5.91 Å². The average Bonchev–Trinajstić information content (AvgIpc) is 3.12. The van der Waals surface area contributed by atoms with Crippen LogP contribution < -0.4 is 5.73 Å². The Hall–Kier alpha value is -1.05. The van der Waals surface area contributed by atoms with Crippen molar-refractivity contribution in [1.82, 2.24) is 4.90 Å². The van der Waals surface area contributed by atoms with E-state index in [9.17, 15) is 4.79 Å². The number of carbonyl (C=O) groups excluding carboxylic acids is 1. The minimum Gasteiger partial charge on any atom is -0.381 e. The summed E-state index contributed by atoms with van der Waals surface area (Å²) in [5.41, 5.74) is 5.43. The first-order valence-corrected chi connectivity index (χ1v) is 6.25. The predicted octanol–water partition coefficient (Wildman–Crippen LogP) is 0.366. The monoisotopic (exact) mass is 236 g/mol. The Balaban J connectivity index is 2.00. The van der Waals surface area contributed by atoms with E-state index in [0.717, 1.165) is 6.54 Å². The lowest BCUT2D eigenvalue weighted by Crippen LogP contribution is -2.58. The Morgan fingerprint density at radius 1 is 1.47 bits per heavy atom. The number of carbonyl (C=O) groups is 1. The Kier molecular flexibility index (Phi) is 3.70. The molecule has 0 spiro atoms. The zero-order valence-corrected chi connectivity index (χ0v) is 10.2. The van der Waals surface area contributed by atoms with Crippen LogP contribution in [0.5, 0.6) is 0 Å². The van der Waals surface area contributed by atoms with Gasteiger partial charge in [-0.2, -0.15) is 0 Å². The molecule has 0 aromatic rings. The summed E-state index contributed by atoms with van der Waals surface area (Å²) in [5.74, 6) is 3.20. The van der Waals surface area contributed by atoms with Gasteiger partial charge in [0.05, 0.1) is 12.1 Å². The molecule has 0 unspecified atom stereocenters. The number of hydrogen-bond acceptors (Lipinski definition) is 3. The van der Waals surface area contributed by atoms with Gasteiger partial charge >= 0.3 is 0 Å². The summed E-state index contributed by atoms with van der Waals surface area (Å²) >= 11 is 0. The van der Waals surface area contributed by atoms with Crippen molar-refractivity contribution in [3.05, 3.63) is 0 Å². The highest BCUT2D eigenvalue weighted by Gasteiger charge is 2.40. The largest absolute Gasteiger partial charge is 0.381 e. The second-order valence-electron chi connectivity index (χ2n) is 5.10. The van der Waals surface area contributed by atoms with Crippen LogP contribution in [0.25, 0.3) is 0 Å². The lowest BCUT2D eigenvalue weighted by molar-refractivity contribution is -0.140. The van der Waals surface area contributed by atoms with Crippen molar-refractivity contribution in [2.75, 3.05) is 26.3 Å². The highest BCUT2D eigenvalue weighted by molar-refractivity contribution is 5.86. The van der Waals surface area contributed by atoms with E-state index in [4.69, 9.17) is 16.9 Å². The summed E-state index contributed by atoms with van der Waals surface area (Å²) in [6, 6.07) is 0. The summed E-state index contributed by atoms with van der Waals surface area (Å²) in [6.07, 6.45) is 8.92. The summed E-state index contributed by atoms with van der Waals surface area (Å²) in [4.78, 5) is 14.2. The molecule has 2 aliphatic rings. The van der Waals surface area contributed by atoms with Gasteiger partial charge in [-0.15, -0.1) is 6.42 Å². The second kappa shape index (κ2) is 5.07. The molecular formula is C13H20N2O2. The van der Waals surface area contributed by atoms with Crippen molar-refractivity contribution in [2.24, 2.45) is 11.7 Å². The van der Waals surface area contributed by atoms with Crippen molar-refractivity contribution in [1.29, 1.82) is 0 Å². The van der Waals surface area contributed by atoms with Crippen LogP contribution in [0.3, 0.4) is 0 Å². The topological polar surface area (TPSA) is 55.6 Å². The number of rotatable bonds is 4. The predicted molar refractivity (Wildman–Crippen MR) is 65.1 cm³/mol. The van der Waals surface area contributed by atoms with E-state index in [1.54, 1.807) is 4.90 Å². The lowest BCUT2D eigenvalue weighted by Gasteiger charge is -2.36. The molecule has 1 heterocycles. The molecule has 0 atom stereocenters. The highest BCUT2D eigenvalue weighted by atomic mass is 16.5. The van der Waals surface area contributed by atoms with E-state index >= 15 is 0 Å². The Bertz CT molecular complexity index is 325. The molecule has 4 nitrogen and oxygen atoms in total. The highest BCUT2D eigenvalue weighted by Crippen LogP contribution is 2.31. The molecule has 1 aliphatic carbocycles. The first-order chi connectivity index (χ1) is 8.15. The van der Waals surface area contributed by atoms with Crippen LogP contribution in [0.2, 0.25) is 0 Å². The number of ether oxygens (including phenoxy) is 1. The maximum Gasteiger partial charge on any atom is 0.243 e. The third kappa shape index (κ3) is 2.99. The van der Waals surface area contributed by atoms with Crippen molar-refractivity contribution in [3.8, 4) is 12.3 Å². The van der Waals surface area contributed by atoms with Gasteiger partial charge in [-0.3, -0.25) is 4.79 Å².